The summed E-state index contributed by atoms with van der Waals surface area (Å²) < 4.78 is 0. The molecule has 0 saturated carbocycles. The van der Waals surface area contributed by atoms with Crippen LogP contribution >= 0.6 is 0 Å². The highest BCUT2D eigenvalue weighted by molar-refractivity contribution is 6.59. The monoisotopic (exact) mass is 654 g/mol. The zero-order chi connectivity index (χ0) is 35.6. The van der Waals surface area contributed by atoms with Gasteiger partial charge in [-0.25, -0.2) is 4.99 Å². The maximum atomic E-state index is 6.82. The topological polar surface area (TPSA) is 74.6 Å². The first-order chi connectivity index (χ1) is 24.5. The molecule has 0 amide bonds. The van der Waals surface area contributed by atoms with E-state index < -0.39 is 0 Å². The molecule has 0 bridgehead atoms. The molecule has 1 heterocycles. The Morgan fingerprint density at radius 2 is 1.20 bits per heavy atom. The minimum atomic E-state index is 0.436. The van der Waals surface area contributed by atoms with Crippen molar-refractivity contribution in [2.45, 2.75) is 34.1 Å². The van der Waals surface area contributed by atoms with Crippen LogP contribution in [0.1, 0.15) is 47.2 Å². The average Bonchev–Trinajstić information content (AvgIpc) is 3.15. The summed E-state index contributed by atoms with van der Waals surface area (Å²) in [6.45, 7) is 8.18. The molecule has 0 aromatic heterocycles. The van der Waals surface area contributed by atoms with Crippen LogP contribution in [0.5, 0.6) is 0 Å². The first-order valence-electron chi connectivity index (χ1n) is 17.0. The molecule has 0 aliphatic carbocycles. The van der Waals surface area contributed by atoms with Crippen molar-refractivity contribution >= 4 is 29.0 Å². The summed E-state index contributed by atoms with van der Waals surface area (Å²) in [6.07, 6.45) is 4.10. The van der Waals surface area contributed by atoms with Gasteiger partial charge in [0.25, 0.3) is 0 Å². The summed E-state index contributed by atoms with van der Waals surface area (Å²) >= 11 is 0. The van der Waals surface area contributed by atoms with Crippen molar-refractivity contribution in [1.82, 2.24) is 0 Å². The number of aryl methyl sites for hydroxylation is 2. The lowest BCUT2D eigenvalue weighted by Gasteiger charge is -2.18. The Morgan fingerprint density at radius 3 is 1.76 bits per heavy atom. The number of benzene rings is 6. The maximum Gasteiger partial charge on any atom is 0.150 e. The Morgan fingerprint density at radius 1 is 0.640 bits per heavy atom. The first-order valence-corrected chi connectivity index (χ1v) is 17.0. The van der Waals surface area contributed by atoms with Crippen LogP contribution in [0.4, 0.5) is 5.69 Å². The summed E-state index contributed by atoms with van der Waals surface area (Å²) in [5, 5.41) is 6.82. The van der Waals surface area contributed by atoms with Crippen LogP contribution in [-0.4, -0.2) is 17.8 Å². The molecule has 1 aliphatic rings. The van der Waals surface area contributed by atoms with Gasteiger partial charge in [-0.1, -0.05) is 171 Å². The zero-order valence-electron chi connectivity index (χ0n) is 29.4. The summed E-state index contributed by atoms with van der Waals surface area (Å²) in [5.41, 5.74) is 18.5. The van der Waals surface area contributed by atoms with E-state index in [1.54, 1.807) is 0 Å². The predicted molar refractivity (Wildman–Crippen MR) is 216 cm³/mol. The Kier molecular flexibility index (Phi) is 14.4. The van der Waals surface area contributed by atoms with Gasteiger partial charge >= 0.3 is 0 Å². The Balaban J connectivity index is 0.000000270. The molecule has 6 aromatic rings. The number of nitrogens with one attached hydrogen (secondary N) is 1. The summed E-state index contributed by atoms with van der Waals surface area (Å²) in [6, 6.07) is 55.4. The molecule has 0 unspecified atom stereocenters. The normalized spacial score (nSPS) is 11.4. The van der Waals surface area contributed by atoms with Gasteiger partial charge in [-0.15, -0.1) is 0 Å². The molecule has 0 radical (unpaired) electrons. The molecule has 0 atom stereocenters. The molecule has 50 heavy (non-hydrogen) atoms. The molecule has 3 N–H and O–H groups in total. The van der Waals surface area contributed by atoms with E-state index in [2.05, 4.69) is 109 Å². The van der Waals surface area contributed by atoms with E-state index in [0.717, 1.165) is 40.1 Å². The number of aliphatic imine (C=N–C) groups is 2. The molecular weight excluding hydrogens is 609 g/mol. The Hall–Kier alpha value is -6.13. The fourth-order valence-electron chi connectivity index (χ4n) is 5.19. The highest BCUT2D eigenvalue weighted by Gasteiger charge is 2.20. The molecule has 4 heteroatoms. The van der Waals surface area contributed by atoms with Crippen LogP contribution in [0, 0.1) is 19.3 Å². The van der Waals surface area contributed by atoms with E-state index in [1.165, 1.54) is 34.0 Å². The van der Waals surface area contributed by atoms with Gasteiger partial charge in [0.15, 0.2) is 5.84 Å². The zero-order valence-corrected chi connectivity index (χ0v) is 29.4. The van der Waals surface area contributed by atoms with Crippen LogP contribution in [0.3, 0.4) is 0 Å². The SMILES string of the molecule is CC.Cc1ccccc1.Cc1ccccc1C1=CN=C1C(N)=Nc1cccc(-c2cccc(Cc3ccccc3)c2)c1.N=Cc1ccccc1. The van der Waals surface area contributed by atoms with Crippen LogP contribution in [-0.2, 0) is 6.42 Å². The van der Waals surface area contributed by atoms with Crippen LogP contribution in [0.15, 0.2) is 180 Å². The number of hydrogen-bond donors (Lipinski definition) is 2. The second kappa shape index (κ2) is 19.6. The molecule has 250 valence electrons. The van der Waals surface area contributed by atoms with Crippen LogP contribution in [0.25, 0.3) is 16.7 Å². The smallest absolute Gasteiger partial charge is 0.150 e. The molecule has 0 spiro atoms. The Bertz CT molecular complexity index is 2030. The lowest BCUT2D eigenvalue weighted by Crippen LogP contribution is -2.28. The van der Waals surface area contributed by atoms with Crippen LogP contribution in [0.2, 0.25) is 0 Å². The van der Waals surface area contributed by atoms with Gasteiger partial charge in [0.2, 0.25) is 0 Å². The largest absolute Gasteiger partial charge is 0.382 e. The molecule has 7 rings (SSSR count). The number of amidine groups is 1. The lowest BCUT2D eigenvalue weighted by molar-refractivity contribution is 1.19. The van der Waals surface area contributed by atoms with Crippen molar-refractivity contribution in [3.8, 4) is 11.1 Å². The predicted octanol–water partition coefficient (Wildman–Crippen LogP) is 11.4. The number of hydrogen-bond acceptors (Lipinski definition) is 3. The van der Waals surface area contributed by atoms with Crippen LogP contribution < -0.4 is 5.73 Å². The van der Waals surface area contributed by atoms with Crippen molar-refractivity contribution in [2.75, 3.05) is 0 Å². The second-order valence-corrected chi connectivity index (χ2v) is 11.5. The number of rotatable bonds is 7. The number of nitrogens with two attached hydrogens (primary N) is 1. The van der Waals surface area contributed by atoms with Gasteiger partial charge in [-0.2, -0.15) is 0 Å². The van der Waals surface area contributed by atoms with Gasteiger partial charge in [0.05, 0.1) is 5.69 Å². The van der Waals surface area contributed by atoms with Gasteiger partial charge in [0.1, 0.15) is 5.71 Å². The van der Waals surface area contributed by atoms with E-state index in [4.69, 9.17) is 11.1 Å². The molecule has 1 aliphatic heterocycles. The van der Waals surface area contributed by atoms with Crippen molar-refractivity contribution in [1.29, 1.82) is 5.41 Å². The van der Waals surface area contributed by atoms with Gasteiger partial charge in [-0.3, -0.25) is 4.99 Å². The van der Waals surface area contributed by atoms with Crippen molar-refractivity contribution in [3.63, 3.8) is 0 Å². The third-order valence-corrected chi connectivity index (χ3v) is 7.77. The third kappa shape index (κ3) is 11.0. The highest BCUT2D eigenvalue weighted by atomic mass is 14.9. The molecule has 0 saturated heterocycles. The van der Waals surface area contributed by atoms with Crippen molar-refractivity contribution < 1.29 is 0 Å². The number of nitrogens with zero attached hydrogens (tertiary/aromatic N) is 2. The standard InChI is InChI=1S/C30H25N3.C7H7N.C7H8.C2H6/c1-21-9-5-6-16-27(21)28-20-32-29(28)30(31)33-26-15-8-14-25(19-26)24-13-7-12-23(18-24)17-22-10-3-2-4-11-22;8-6-7-4-2-1-3-5-7;1-7-5-3-2-4-6-7;1-2/h2-16,18-20H,17H2,1H3,(H2,31,33);1-6,8H;2-6H,1H3;1-2H3. The van der Waals surface area contributed by atoms with Gasteiger partial charge < -0.3 is 11.1 Å². The van der Waals surface area contributed by atoms with Crippen molar-refractivity contribution in [2.24, 2.45) is 15.7 Å². The average molecular weight is 655 g/mol. The van der Waals surface area contributed by atoms with Crippen molar-refractivity contribution in [3.05, 3.63) is 203 Å². The second-order valence-electron chi connectivity index (χ2n) is 11.5. The lowest BCUT2D eigenvalue weighted by atomic mass is 9.94. The van der Waals surface area contributed by atoms with E-state index in [1.807, 2.05) is 98.9 Å². The fraction of sp³-hybridized carbons (Fsp3) is 0.109. The fourth-order valence-corrected chi connectivity index (χ4v) is 5.19. The van der Waals surface area contributed by atoms with E-state index in [9.17, 15) is 0 Å². The molecular formula is C46H46N4. The molecule has 6 aromatic carbocycles. The quantitative estimate of drug-likeness (QED) is 0.130. The minimum absolute atomic E-state index is 0.436. The van der Waals surface area contributed by atoms with E-state index >= 15 is 0 Å². The van der Waals surface area contributed by atoms with E-state index in [0.29, 0.717) is 5.84 Å². The maximum absolute atomic E-state index is 6.82. The van der Waals surface area contributed by atoms with E-state index in [-0.39, 0.29) is 0 Å². The highest BCUT2D eigenvalue weighted by Crippen LogP contribution is 2.29. The summed E-state index contributed by atoms with van der Waals surface area (Å²) in [7, 11) is 0. The van der Waals surface area contributed by atoms with Gasteiger partial charge in [-0.05, 0) is 71.3 Å². The summed E-state index contributed by atoms with van der Waals surface area (Å²) in [4.78, 5) is 9.08. The van der Waals surface area contributed by atoms with Gasteiger partial charge in [0, 0.05) is 18.0 Å². The third-order valence-electron chi connectivity index (χ3n) is 7.77. The molecule has 0 fully saturated rings. The molecule has 4 nitrogen and oxygen atoms in total. The Labute approximate surface area is 298 Å². The summed E-state index contributed by atoms with van der Waals surface area (Å²) in [5.74, 6) is 0.436. The minimum Gasteiger partial charge on any atom is -0.382 e. The first kappa shape index (κ1) is 36.7.